The Morgan fingerprint density at radius 3 is 2.62 bits per heavy atom. The molecule has 1 aromatic carbocycles. The molecule has 1 aromatic rings. The van der Waals surface area contributed by atoms with E-state index in [-0.39, 0.29) is 6.04 Å². The molecule has 1 fully saturated rings. The highest BCUT2D eigenvalue weighted by atomic mass is 35.5. The van der Waals surface area contributed by atoms with Gasteiger partial charge in [0.1, 0.15) is 18.1 Å². The Balaban J connectivity index is 2.35. The van der Waals surface area contributed by atoms with E-state index < -0.39 is 11.4 Å². The summed E-state index contributed by atoms with van der Waals surface area (Å²) in [6.07, 6.45) is 3.69. The van der Waals surface area contributed by atoms with Gasteiger partial charge in [0.2, 0.25) is 0 Å². The maximum absolute atomic E-state index is 12.6. The van der Waals surface area contributed by atoms with Gasteiger partial charge in [-0.3, -0.25) is 0 Å². The smallest absolute Gasteiger partial charge is 0.127 e. The molecule has 2 N–H and O–H groups in total. The van der Waals surface area contributed by atoms with Crippen LogP contribution in [-0.2, 0) is 11.4 Å². The summed E-state index contributed by atoms with van der Waals surface area (Å²) >= 11 is 11.4. The van der Waals surface area contributed by atoms with Crippen LogP contribution in [0.15, 0.2) is 24.8 Å². The molecule has 146 valence electrons. The van der Waals surface area contributed by atoms with E-state index in [9.17, 15) is 4.55 Å². The molecule has 0 radical (unpaired) electrons. The standard InChI is InChI=1S/C19H28Cl2N2O2S/c1-4-9-25-18-11-17(21)16(20)10-15(18)19(14-5-7-22-8-6-14)23-26(24)12-13(2)3/h4,10-11,13-14,19,22-23H,1,5-9,12H2,2-3H3/t19-,26?/m1/s1. The lowest BCUT2D eigenvalue weighted by atomic mass is 9.86. The summed E-state index contributed by atoms with van der Waals surface area (Å²) in [6.45, 7) is 10.1. The zero-order valence-electron chi connectivity index (χ0n) is 15.4. The molecule has 0 amide bonds. The Hall–Kier alpha value is -0.430. The lowest BCUT2D eigenvalue weighted by Crippen LogP contribution is -2.40. The fraction of sp³-hybridized carbons (Fsp3) is 0.579. The average molecular weight is 419 g/mol. The summed E-state index contributed by atoms with van der Waals surface area (Å²) in [6, 6.07) is 3.48. The van der Waals surface area contributed by atoms with Crippen LogP contribution in [-0.4, -0.2) is 30.0 Å². The number of hydrogen-bond donors (Lipinski definition) is 2. The quantitative estimate of drug-likeness (QED) is 0.457. The second-order valence-corrected chi connectivity index (χ2v) is 9.07. The van der Waals surface area contributed by atoms with Crippen molar-refractivity contribution < 1.29 is 9.29 Å². The Kier molecular flexibility index (Phi) is 9.07. The molecule has 7 heteroatoms. The predicted molar refractivity (Wildman–Crippen MR) is 111 cm³/mol. The van der Waals surface area contributed by atoms with Crippen molar-refractivity contribution in [2.24, 2.45) is 11.8 Å². The van der Waals surface area contributed by atoms with Crippen LogP contribution in [0.25, 0.3) is 0 Å². The number of ether oxygens (including phenoxy) is 1. The van der Waals surface area contributed by atoms with Crippen molar-refractivity contribution in [3.8, 4) is 5.75 Å². The molecule has 0 aliphatic carbocycles. The molecule has 1 heterocycles. The number of rotatable bonds is 9. The molecule has 1 unspecified atom stereocenters. The summed E-state index contributed by atoms with van der Waals surface area (Å²) in [7, 11) is 0. The number of hydrogen-bond acceptors (Lipinski definition) is 4. The van der Waals surface area contributed by atoms with Gasteiger partial charge in [0, 0.05) is 23.0 Å². The summed E-state index contributed by atoms with van der Waals surface area (Å²) in [5, 5.41) is 4.30. The fourth-order valence-electron chi connectivity index (χ4n) is 3.14. The second-order valence-electron chi connectivity index (χ2n) is 6.99. The average Bonchev–Trinajstić information content (AvgIpc) is 2.60. The van der Waals surface area contributed by atoms with Gasteiger partial charge in [-0.2, -0.15) is 0 Å². The molecule has 1 aliphatic heterocycles. The third-order valence-electron chi connectivity index (χ3n) is 4.34. The van der Waals surface area contributed by atoms with E-state index in [0.717, 1.165) is 31.5 Å². The van der Waals surface area contributed by atoms with E-state index in [1.165, 1.54) is 0 Å². The highest BCUT2D eigenvalue weighted by molar-refractivity contribution is 7.89. The Labute approximate surface area is 170 Å². The lowest BCUT2D eigenvalue weighted by molar-refractivity contribution is 0.293. The van der Waals surface area contributed by atoms with Crippen LogP contribution in [0.5, 0.6) is 5.75 Å². The molecular formula is C19H28Cl2N2O2S. The Morgan fingerprint density at radius 2 is 2.00 bits per heavy atom. The van der Waals surface area contributed by atoms with Crippen LogP contribution in [0.1, 0.15) is 38.3 Å². The van der Waals surface area contributed by atoms with Crippen LogP contribution in [0.2, 0.25) is 10.0 Å². The van der Waals surface area contributed by atoms with Crippen LogP contribution >= 0.6 is 23.2 Å². The van der Waals surface area contributed by atoms with Crippen LogP contribution < -0.4 is 14.8 Å². The molecule has 0 bridgehead atoms. The predicted octanol–water partition coefficient (Wildman–Crippen LogP) is 4.51. The molecule has 26 heavy (non-hydrogen) atoms. The normalized spacial score (nSPS) is 17.9. The van der Waals surface area contributed by atoms with Crippen molar-refractivity contribution in [3.63, 3.8) is 0 Å². The minimum atomic E-state index is -1.13. The number of nitrogens with one attached hydrogen (secondary N) is 2. The Bertz CT molecular complexity index is 595. The van der Waals surface area contributed by atoms with Crippen molar-refractivity contribution >= 4 is 34.6 Å². The zero-order chi connectivity index (χ0) is 19.1. The van der Waals surface area contributed by atoms with Gasteiger partial charge in [-0.1, -0.05) is 49.7 Å². The van der Waals surface area contributed by atoms with Crippen molar-refractivity contribution in [2.45, 2.75) is 32.7 Å². The van der Waals surface area contributed by atoms with E-state index >= 15 is 0 Å². The fourth-order valence-corrected chi connectivity index (χ4v) is 4.77. The van der Waals surface area contributed by atoms with Crippen LogP contribution in [0.3, 0.4) is 0 Å². The largest absolute Gasteiger partial charge is 0.598 e. The van der Waals surface area contributed by atoms with Crippen molar-refractivity contribution in [3.05, 3.63) is 40.4 Å². The molecule has 2 atom stereocenters. The first-order chi connectivity index (χ1) is 12.4. The van der Waals surface area contributed by atoms with Crippen LogP contribution in [0.4, 0.5) is 0 Å². The van der Waals surface area contributed by atoms with Gasteiger partial charge < -0.3 is 14.6 Å². The maximum atomic E-state index is 12.6. The van der Waals surface area contributed by atoms with Gasteiger partial charge in [0.05, 0.1) is 16.1 Å². The topological polar surface area (TPSA) is 56.3 Å². The highest BCUT2D eigenvalue weighted by Gasteiger charge is 2.32. The van der Waals surface area contributed by atoms with E-state index in [4.69, 9.17) is 27.9 Å². The minimum absolute atomic E-state index is 0.105. The van der Waals surface area contributed by atoms with E-state index in [1.807, 2.05) is 6.07 Å². The second kappa shape index (κ2) is 10.8. The molecule has 4 nitrogen and oxygen atoms in total. The zero-order valence-corrected chi connectivity index (χ0v) is 17.7. The minimum Gasteiger partial charge on any atom is -0.598 e. The van der Waals surface area contributed by atoms with E-state index in [1.54, 1.807) is 12.1 Å². The van der Waals surface area contributed by atoms with E-state index in [2.05, 4.69) is 30.5 Å². The van der Waals surface area contributed by atoms with Gasteiger partial charge in [0.15, 0.2) is 0 Å². The summed E-state index contributed by atoms with van der Waals surface area (Å²) in [5.74, 6) is 1.96. The van der Waals surface area contributed by atoms with Gasteiger partial charge in [0.25, 0.3) is 0 Å². The summed E-state index contributed by atoms with van der Waals surface area (Å²) in [4.78, 5) is 0. The number of benzene rings is 1. The first kappa shape index (κ1) is 21.9. The first-order valence-electron chi connectivity index (χ1n) is 9.00. The van der Waals surface area contributed by atoms with Crippen LogP contribution in [0, 0.1) is 11.8 Å². The Morgan fingerprint density at radius 1 is 1.35 bits per heavy atom. The molecule has 0 spiro atoms. The number of piperidine rings is 1. The van der Waals surface area contributed by atoms with Gasteiger partial charge in [-0.25, -0.2) is 0 Å². The molecule has 1 saturated heterocycles. The van der Waals surface area contributed by atoms with Crippen molar-refractivity contribution in [1.82, 2.24) is 10.0 Å². The van der Waals surface area contributed by atoms with E-state index in [0.29, 0.717) is 40.0 Å². The van der Waals surface area contributed by atoms with Gasteiger partial charge in [-0.05, 0) is 43.8 Å². The third kappa shape index (κ3) is 6.32. The van der Waals surface area contributed by atoms with Gasteiger partial charge in [-0.15, -0.1) is 4.72 Å². The lowest BCUT2D eigenvalue weighted by Gasteiger charge is -2.32. The van der Waals surface area contributed by atoms with Crippen molar-refractivity contribution in [1.29, 1.82) is 0 Å². The monoisotopic (exact) mass is 418 g/mol. The first-order valence-corrected chi connectivity index (χ1v) is 11.1. The molecule has 0 aromatic heterocycles. The molecule has 1 aliphatic rings. The molecule has 0 saturated carbocycles. The third-order valence-corrected chi connectivity index (χ3v) is 6.55. The van der Waals surface area contributed by atoms with Crippen molar-refractivity contribution in [2.75, 3.05) is 25.4 Å². The highest BCUT2D eigenvalue weighted by Crippen LogP contribution is 2.39. The SMILES string of the molecule is C=CCOc1cc(Cl)c(Cl)cc1[C@H](N[S+]([O-])CC(C)C)C1CCNCC1. The number of halogens is 2. The summed E-state index contributed by atoms with van der Waals surface area (Å²) < 4.78 is 21.8. The summed E-state index contributed by atoms with van der Waals surface area (Å²) in [5.41, 5.74) is 0.908. The van der Waals surface area contributed by atoms with Gasteiger partial charge >= 0.3 is 0 Å². The maximum Gasteiger partial charge on any atom is 0.127 e. The molecular weight excluding hydrogens is 391 g/mol. The molecule has 2 rings (SSSR count).